The zero-order chi connectivity index (χ0) is 20.6. The molecule has 0 unspecified atom stereocenters. The summed E-state index contributed by atoms with van der Waals surface area (Å²) >= 11 is 6.12. The minimum atomic E-state index is -3.83. The van der Waals surface area contributed by atoms with E-state index in [9.17, 15) is 13.2 Å². The number of hydrogen-bond acceptors (Lipinski definition) is 5. The second kappa shape index (κ2) is 10.2. The van der Waals surface area contributed by atoms with Gasteiger partial charge in [-0.15, -0.1) is 0 Å². The van der Waals surface area contributed by atoms with Crippen LogP contribution in [0.5, 0.6) is 11.5 Å². The van der Waals surface area contributed by atoms with Gasteiger partial charge < -0.3 is 14.8 Å². The van der Waals surface area contributed by atoms with Gasteiger partial charge in [-0.05, 0) is 55.8 Å². The molecule has 2 N–H and O–H groups in total. The second-order valence-electron chi connectivity index (χ2n) is 5.79. The van der Waals surface area contributed by atoms with Crippen LogP contribution in [0.4, 0.5) is 5.69 Å². The number of ether oxygens (including phenoxy) is 2. The summed E-state index contributed by atoms with van der Waals surface area (Å²) in [6.07, 6.45) is 0.820. The van der Waals surface area contributed by atoms with Gasteiger partial charge in [0.2, 0.25) is 0 Å². The molecule has 0 heterocycles. The predicted octanol–water partition coefficient (Wildman–Crippen LogP) is 3.44. The minimum Gasteiger partial charge on any atom is -0.494 e. The lowest BCUT2D eigenvalue weighted by atomic mass is 10.3. The van der Waals surface area contributed by atoms with Crippen molar-refractivity contribution < 1.29 is 22.7 Å². The monoisotopic (exact) mass is 426 g/mol. The Hall–Kier alpha value is -2.45. The van der Waals surface area contributed by atoms with Crippen molar-refractivity contribution >= 4 is 33.2 Å². The average molecular weight is 427 g/mol. The standard InChI is InChI=1S/C19H23ClN2O5S/c1-3-11-21-19(23)13-27-18-10-9-16(12-17(18)20)28(24,25)22-14-5-7-15(8-6-14)26-4-2/h5-10,12,22H,3-4,11,13H2,1-2H3,(H,21,23). The van der Waals surface area contributed by atoms with E-state index in [1.165, 1.54) is 18.2 Å². The molecule has 9 heteroatoms. The molecule has 0 spiro atoms. The second-order valence-corrected chi connectivity index (χ2v) is 7.88. The van der Waals surface area contributed by atoms with Crippen molar-refractivity contribution in [3.05, 3.63) is 47.5 Å². The molecular weight excluding hydrogens is 404 g/mol. The third-order valence-electron chi connectivity index (χ3n) is 3.56. The largest absolute Gasteiger partial charge is 0.494 e. The number of carbonyl (C=O) groups excluding carboxylic acids is 1. The fourth-order valence-electron chi connectivity index (χ4n) is 2.22. The Morgan fingerprint density at radius 3 is 2.39 bits per heavy atom. The number of nitrogens with one attached hydrogen (secondary N) is 2. The summed E-state index contributed by atoms with van der Waals surface area (Å²) in [5.41, 5.74) is 0.396. The van der Waals surface area contributed by atoms with Gasteiger partial charge in [-0.1, -0.05) is 18.5 Å². The maximum Gasteiger partial charge on any atom is 0.261 e. The van der Waals surface area contributed by atoms with E-state index < -0.39 is 10.0 Å². The Balaban J connectivity index is 2.05. The highest BCUT2D eigenvalue weighted by Gasteiger charge is 2.17. The van der Waals surface area contributed by atoms with Gasteiger partial charge in [0.05, 0.1) is 16.5 Å². The maximum absolute atomic E-state index is 12.6. The summed E-state index contributed by atoms with van der Waals surface area (Å²) in [7, 11) is -3.83. The summed E-state index contributed by atoms with van der Waals surface area (Å²) in [4.78, 5) is 11.6. The Bertz CT molecular complexity index is 901. The Labute approximate surface area is 170 Å². The number of hydrogen-bond donors (Lipinski definition) is 2. The van der Waals surface area contributed by atoms with Crippen LogP contribution in [0, 0.1) is 0 Å². The van der Waals surface area contributed by atoms with Gasteiger partial charge in [-0.3, -0.25) is 9.52 Å². The van der Waals surface area contributed by atoms with Crippen molar-refractivity contribution in [3.63, 3.8) is 0 Å². The third kappa shape index (κ3) is 6.31. The van der Waals surface area contributed by atoms with Gasteiger partial charge in [-0.2, -0.15) is 0 Å². The van der Waals surface area contributed by atoms with Crippen LogP contribution < -0.4 is 19.5 Å². The lowest BCUT2D eigenvalue weighted by Crippen LogP contribution is -2.29. The first-order chi connectivity index (χ1) is 13.4. The van der Waals surface area contributed by atoms with E-state index in [4.69, 9.17) is 21.1 Å². The lowest BCUT2D eigenvalue weighted by Gasteiger charge is -2.12. The van der Waals surface area contributed by atoms with Crippen LogP contribution in [0.3, 0.4) is 0 Å². The summed E-state index contributed by atoms with van der Waals surface area (Å²) in [6, 6.07) is 10.6. The molecule has 0 atom stereocenters. The normalized spacial score (nSPS) is 11.0. The molecule has 152 valence electrons. The van der Waals surface area contributed by atoms with E-state index >= 15 is 0 Å². The molecule has 0 fully saturated rings. The molecule has 0 bridgehead atoms. The van der Waals surface area contributed by atoms with Crippen LogP contribution in [0.25, 0.3) is 0 Å². The number of rotatable bonds is 10. The highest BCUT2D eigenvalue weighted by Crippen LogP contribution is 2.28. The van der Waals surface area contributed by atoms with Crippen molar-refractivity contribution in [1.29, 1.82) is 0 Å². The van der Waals surface area contributed by atoms with Crippen molar-refractivity contribution in [2.24, 2.45) is 0 Å². The summed E-state index contributed by atoms with van der Waals surface area (Å²) in [5, 5.41) is 2.77. The van der Waals surface area contributed by atoms with Crippen LogP contribution in [-0.4, -0.2) is 34.1 Å². The quantitative estimate of drug-likeness (QED) is 0.607. The molecule has 0 saturated carbocycles. The van der Waals surface area contributed by atoms with Crippen LogP contribution >= 0.6 is 11.6 Å². The summed E-state index contributed by atoms with van der Waals surface area (Å²) in [5.74, 6) is 0.609. The molecule has 2 aromatic rings. The highest BCUT2D eigenvalue weighted by molar-refractivity contribution is 7.92. The molecule has 0 aliphatic heterocycles. The molecule has 0 radical (unpaired) electrons. The minimum absolute atomic E-state index is 0.0193. The molecule has 2 aromatic carbocycles. The first kappa shape index (κ1) is 21.8. The highest BCUT2D eigenvalue weighted by atomic mass is 35.5. The molecular formula is C19H23ClN2O5S. The van der Waals surface area contributed by atoms with Gasteiger partial charge >= 0.3 is 0 Å². The predicted molar refractivity (Wildman–Crippen MR) is 109 cm³/mol. The molecule has 0 aliphatic carbocycles. The summed E-state index contributed by atoms with van der Waals surface area (Å²) in [6.45, 7) is 4.70. The number of amides is 1. The fourth-order valence-corrected chi connectivity index (χ4v) is 3.61. The molecule has 28 heavy (non-hydrogen) atoms. The number of carbonyl (C=O) groups is 1. The molecule has 7 nitrogen and oxygen atoms in total. The number of sulfonamides is 1. The fraction of sp³-hybridized carbons (Fsp3) is 0.316. The first-order valence-electron chi connectivity index (χ1n) is 8.80. The molecule has 1 amide bonds. The Morgan fingerprint density at radius 1 is 1.07 bits per heavy atom. The third-order valence-corrected chi connectivity index (χ3v) is 5.24. The SMILES string of the molecule is CCCNC(=O)COc1ccc(S(=O)(=O)Nc2ccc(OCC)cc2)cc1Cl. The zero-order valence-corrected chi connectivity index (χ0v) is 17.3. The number of benzene rings is 2. The van der Waals surface area contributed by atoms with Gasteiger partial charge in [-0.25, -0.2) is 8.42 Å². The van der Waals surface area contributed by atoms with Crippen molar-refractivity contribution in [2.45, 2.75) is 25.2 Å². The van der Waals surface area contributed by atoms with E-state index in [1.807, 2.05) is 13.8 Å². The van der Waals surface area contributed by atoms with Crippen molar-refractivity contribution in [3.8, 4) is 11.5 Å². The van der Waals surface area contributed by atoms with E-state index in [2.05, 4.69) is 10.0 Å². The van der Waals surface area contributed by atoms with Gasteiger partial charge in [0, 0.05) is 12.2 Å². The van der Waals surface area contributed by atoms with E-state index in [-0.39, 0.29) is 28.2 Å². The van der Waals surface area contributed by atoms with Gasteiger partial charge in [0.15, 0.2) is 6.61 Å². The van der Waals surface area contributed by atoms with Crippen LogP contribution in [-0.2, 0) is 14.8 Å². The number of anilines is 1. The topological polar surface area (TPSA) is 93.7 Å². The summed E-state index contributed by atoms with van der Waals surface area (Å²) < 4.78 is 38.3. The first-order valence-corrected chi connectivity index (χ1v) is 10.7. The van der Waals surface area contributed by atoms with E-state index in [0.717, 1.165) is 6.42 Å². The van der Waals surface area contributed by atoms with Crippen molar-refractivity contribution in [1.82, 2.24) is 5.32 Å². The van der Waals surface area contributed by atoms with Crippen LogP contribution in [0.15, 0.2) is 47.4 Å². The van der Waals surface area contributed by atoms with Crippen molar-refractivity contribution in [2.75, 3.05) is 24.5 Å². The maximum atomic E-state index is 12.6. The zero-order valence-electron chi connectivity index (χ0n) is 15.7. The van der Waals surface area contributed by atoms with Gasteiger partial charge in [0.25, 0.3) is 15.9 Å². The molecule has 0 saturated heterocycles. The smallest absolute Gasteiger partial charge is 0.261 e. The molecule has 0 aliphatic rings. The Kier molecular flexibility index (Phi) is 7.95. The Morgan fingerprint density at radius 2 is 1.79 bits per heavy atom. The van der Waals surface area contributed by atoms with Crippen LogP contribution in [0.2, 0.25) is 5.02 Å². The average Bonchev–Trinajstić information content (AvgIpc) is 2.67. The molecule has 0 aromatic heterocycles. The van der Waals surface area contributed by atoms with E-state index in [1.54, 1.807) is 24.3 Å². The van der Waals surface area contributed by atoms with Crippen LogP contribution in [0.1, 0.15) is 20.3 Å². The number of halogens is 1. The van der Waals surface area contributed by atoms with E-state index in [0.29, 0.717) is 24.6 Å². The molecule has 2 rings (SSSR count). The lowest BCUT2D eigenvalue weighted by molar-refractivity contribution is -0.123. The van der Waals surface area contributed by atoms with Gasteiger partial charge in [0.1, 0.15) is 11.5 Å².